The summed E-state index contributed by atoms with van der Waals surface area (Å²) in [5.74, 6) is 0.878. The molecule has 0 radical (unpaired) electrons. The Kier molecular flexibility index (Phi) is 3.60. The lowest BCUT2D eigenvalue weighted by molar-refractivity contribution is 0.254. The Morgan fingerprint density at radius 1 is 1.26 bits per heavy atom. The van der Waals surface area contributed by atoms with E-state index in [9.17, 15) is 0 Å². The van der Waals surface area contributed by atoms with Gasteiger partial charge in [0.15, 0.2) is 0 Å². The van der Waals surface area contributed by atoms with Crippen LogP contribution in [0, 0.1) is 0 Å². The van der Waals surface area contributed by atoms with E-state index in [0.717, 1.165) is 24.9 Å². The molecular weight excluding hydrogens is 238 g/mol. The van der Waals surface area contributed by atoms with Crippen LogP contribution in [0.15, 0.2) is 18.5 Å². The number of anilines is 1. The molecule has 2 bridgehead atoms. The van der Waals surface area contributed by atoms with E-state index in [1.165, 1.54) is 24.9 Å². The van der Waals surface area contributed by atoms with Gasteiger partial charge in [-0.25, -0.2) is 0 Å². The quantitative estimate of drug-likeness (QED) is 0.833. The van der Waals surface area contributed by atoms with Crippen molar-refractivity contribution in [2.75, 3.05) is 31.6 Å². The predicted octanol–water partition coefficient (Wildman–Crippen LogP) is 2.15. The second-order valence-electron chi connectivity index (χ2n) is 5.60. The summed E-state index contributed by atoms with van der Waals surface area (Å²) in [7, 11) is 2.28. The van der Waals surface area contributed by atoms with E-state index in [-0.39, 0.29) is 0 Å². The number of fused-ring (bicyclic) bond motifs is 2. The van der Waals surface area contributed by atoms with Crippen molar-refractivity contribution in [2.45, 2.75) is 38.3 Å². The Morgan fingerprint density at radius 3 is 2.95 bits per heavy atom. The Balaban J connectivity index is 1.77. The zero-order valence-electron chi connectivity index (χ0n) is 11.9. The van der Waals surface area contributed by atoms with Crippen molar-refractivity contribution in [3.05, 3.63) is 18.5 Å². The topological polar surface area (TPSA) is 28.6 Å². The third-order valence-corrected chi connectivity index (χ3v) is 4.52. The van der Waals surface area contributed by atoms with E-state index >= 15 is 0 Å². The summed E-state index contributed by atoms with van der Waals surface area (Å²) in [6, 6.07) is 3.59. The van der Waals surface area contributed by atoms with Gasteiger partial charge in [0.1, 0.15) is 5.75 Å². The number of ether oxygens (including phenoxy) is 1. The first-order valence-corrected chi connectivity index (χ1v) is 7.32. The van der Waals surface area contributed by atoms with Crippen molar-refractivity contribution >= 4 is 5.69 Å². The van der Waals surface area contributed by atoms with Crippen LogP contribution < -0.4 is 9.64 Å². The van der Waals surface area contributed by atoms with Crippen LogP contribution in [-0.2, 0) is 0 Å². The second kappa shape index (κ2) is 5.37. The molecule has 0 spiro atoms. The summed E-state index contributed by atoms with van der Waals surface area (Å²) in [4.78, 5) is 9.35. The molecule has 2 aliphatic heterocycles. The van der Waals surface area contributed by atoms with Gasteiger partial charge in [-0.1, -0.05) is 0 Å². The third kappa shape index (κ3) is 2.54. The fourth-order valence-corrected chi connectivity index (χ4v) is 3.37. The number of likely N-dealkylation sites (N-methyl/N-ethyl adjacent to an activating group) is 1. The van der Waals surface area contributed by atoms with Crippen LogP contribution in [0.5, 0.6) is 5.75 Å². The summed E-state index contributed by atoms with van der Waals surface area (Å²) >= 11 is 0. The maximum absolute atomic E-state index is 5.55. The molecule has 2 aliphatic rings. The number of hydrogen-bond donors (Lipinski definition) is 0. The van der Waals surface area contributed by atoms with Crippen LogP contribution in [0.3, 0.4) is 0 Å². The molecule has 2 saturated heterocycles. The minimum absolute atomic E-state index is 0.693. The molecule has 0 aliphatic carbocycles. The highest BCUT2D eigenvalue weighted by molar-refractivity contribution is 5.48. The lowest BCUT2D eigenvalue weighted by Crippen LogP contribution is -2.36. The van der Waals surface area contributed by atoms with Gasteiger partial charge in [0.25, 0.3) is 0 Å². The van der Waals surface area contributed by atoms with Gasteiger partial charge in [0, 0.05) is 31.2 Å². The molecule has 4 heteroatoms. The first-order valence-electron chi connectivity index (χ1n) is 7.32. The molecule has 4 nitrogen and oxygen atoms in total. The van der Waals surface area contributed by atoms with Gasteiger partial charge >= 0.3 is 0 Å². The van der Waals surface area contributed by atoms with Crippen molar-refractivity contribution < 1.29 is 4.74 Å². The lowest BCUT2D eigenvalue weighted by Gasteiger charge is -2.27. The van der Waals surface area contributed by atoms with Gasteiger partial charge in [-0.3, -0.25) is 9.88 Å². The maximum atomic E-state index is 5.55. The van der Waals surface area contributed by atoms with E-state index in [0.29, 0.717) is 12.6 Å². The molecule has 3 heterocycles. The Morgan fingerprint density at radius 2 is 2.11 bits per heavy atom. The minimum atomic E-state index is 0.693. The molecule has 104 valence electrons. The van der Waals surface area contributed by atoms with E-state index in [1.54, 1.807) is 6.20 Å². The van der Waals surface area contributed by atoms with Crippen LogP contribution >= 0.6 is 0 Å². The Hall–Kier alpha value is -1.29. The second-order valence-corrected chi connectivity index (χ2v) is 5.60. The Bertz CT molecular complexity index is 437. The highest BCUT2D eigenvalue weighted by Crippen LogP contribution is 2.31. The van der Waals surface area contributed by atoms with Gasteiger partial charge < -0.3 is 9.64 Å². The Labute approximate surface area is 115 Å². The molecule has 2 atom stereocenters. The summed E-state index contributed by atoms with van der Waals surface area (Å²) in [5, 5.41) is 0. The monoisotopic (exact) mass is 261 g/mol. The van der Waals surface area contributed by atoms with Crippen LogP contribution in [0.1, 0.15) is 26.2 Å². The molecule has 1 aromatic rings. The molecule has 0 saturated carbocycles. The van der Waals surface area contributed by atoms with E-state index < -0.39 is 0 Å². The number of nitrogens with zero attached hydrogens (tertiary/aromatic N) is 3. The van der Waals surface area contributed by atoms with Gasteiger partial charge in [-0.05, 0) is 33.2 Å². The number of pyridine rings is 1. The lowest BCUT2D eigenvalue weighted by atomic mass is 10.1. The van der Waals surface area contributed by atoms with Crippen molar-refractivity contribution in [1.29, 1.82) is 0 Å². The molecule has 0 aromatic carbocycles. The van der Waals surface area contributed by atoms with Crippen LogP contribution in [0.4, 0.5) is 5.69 Å². The van der Waals surface area contributed by atoms with E-state index in [4.69, 9.17) is 4.74 Å². The smallest absolute Gasteiger partial charge is 0.139 e. The maximum Gasteiger partial charge on any atom is 0.139 e. The first-order chi connectivity index (χ1) is 9.28. The first kappa shape index (κ1) is 12.7. The summed E-state index contributed by atoms with van der Waals surface area (Å²) < 4.78 is 5.55. The molecule has 0 N–H and O–H groups in total. The number of hydrogen-bond acceptors (Lipinski definition) is 4. The highest BCUT2D eigenvalue weighted by Gasteiger charge is 2.34. The van der Waals surface area contributed by atoms with Gasteiger partial charge in [0.2, 0.25) is 0 Å². The van der Waals surface area contributed by atoms with Crippen molar-refractivity contribution in [2.24, 2.45) is 0 Å². The third-order valence-electron chi connectivity index (χ3n) is 4.52. The molecule has 0 amide bonds. The average Bonchev–Trinajstić information content (AvgIpc) is 2.64. The van der Waals surface area contributed by atoms with Crippen molar-refractivity contribution in [1.82, 2.24) is 9.88 Å². The van der Waals surface area contributed by atoms with Crippen LogP contribution in [-0.4, -0.2) is 48.7 Å². The molecule has 1 aromatic heterocycles. The largest absolute Gasteiger partial charge is 0.492 e. The molecular formula is C15H23N3O. The van der Waals surface area contributed by atoms with Gasteiger partial charge in [-0.2, -0.15) is 0 Å². The predicted molar refractivity (Wildman–Crippen MR) is 76.8 cm³/mol. The molecule has 3 rings (SSSR count). The van der Waals surface area contributed by atoms with Crippen LogP contribution in [0.25, 0.3) is 0 Å². The SMILES string of the molecule is CCOc1cncc(N2CCC3CCC(C2)N3C)c1. The molecule has 19 heavy (non-hydrogen) atoms. The van der Waals surface area contributed by atoms with Gasteiger partial charge in [0.05, 0.1) is 24.7 Å². The number of rotatable bonds is 3. The fourth-order valence-electron chi connectivity index (χ4n) is 3.37. The van der Waals surface area contributed by atoms with Gasteiger partial charge in [-0.15, -0.1) is 0 Å². The van der Waals surface area contributed by atoms with Crippen molar-refractivity contribution in [3.8, 4) is 5.75 Å². The highest BCUT2D eigenvalue weighted by atomic mass is 16.5. The van der Waals surface area contributed by atoms with Crippen LogP contribution in [0.2, 0.25) is 0 Å². The summed E-state index contributed by atoms with van der Waals surface area (Å²) in [6.07, 6.45) is 7.71. The standard InChI is InChI=1S/C15H23N3O/c1-3-19-15-8-14(9-16-10-15)18-7-6-12-4-5-13(11-18)17(12)2/h8-10,12-13H,3-7,11H2,1-2H3. The van der Waals surface area contributed by atoms with E-state index in [1.807, 2.05) is 13.1 Å². The van der Waals surface area contributed by atoms with E-state index in [2.05, 4.69) is 27.9 Å². The fraction of sp³-hybridized carbons (Fsp3) is 0.667. The zero-order chi connectivity index (χ0) is 13.2. The molecule has 2 unspecified atom stereocenters. The minimum Gasteiger partial charge on any atom is -0.492 e. The summed E-state index contributed by atoms with van der Waals surface area (Å²) in [5.41, 5.74) is 1.20. The normalized spacial score (nSPS) is 27.4. The molecule has 2 fully saturated rings. The summed E-state index contributed by atoms with van der Waals surface area (Å²) in [6.45, 7) is 4.94. The zero-order valence-corrected chi connectivity index (χ0v) is 11.9. The van der Waals surface area contributed by atoms with Crippen molar-refractivity contribution in [3.63, 3.8) is 0 Å². The average molecular weight is 261 g/mol. The number of aromatic nitrogens is 1.